The summed E-state index contributed by atoms with van der Waals surface area (Å²) < 4.78 is 12.9. The Morgan fingerprint density at radius 1 is 1.19 bits per heavy atom. The molecule has 1 heterocycles. The van der Waals surface area contributed by atoms with E-state index in [1.165, 1.54) is 19.1 Å². The van der Waals surface area contributed by atoms with Crippen molar-refractivity contribution in [3.05, 3.63) is 35.4 Å². The Morgan fingerprint density at radius 3 is 2.31 bits per heavy atom. The Hall–Kier alpha value is -3.80. The lowest BCUT2D eigenvalue weighted by molar-refractivity contribution is -0.142. The SMILES string of the molecule is [2H]N(C(=O)COCCN1C(=O)c2ccccc2C1=O)[C@@H](C)C(=O)N[C@@H](CCC(N)=O)C(=O)O. The summed E-state index contributed by atoms with van der Waals surface area (Å²) in [5.74, 6) is -4.88. The highest BCUT2D eigenvalue weighted by Gasteiger charge is 2.34. The van der Waals surface area contributed by atoms with Gasteiger partial charge >= 0.3 is 5.97 Å². The van der Waals surface area contributed by atoms with Crippen LogP contribution in [-0.4, -0.2) is 77.4 Å². The van der Waals surface area contributed by atoms with Crippen LogP contribution in [0, 0.1) is 0 Å². The fourth-order valence-corrected chi connectivity index (χ4v) is 2.91. The molecule has 1 aliphatic heterocycles. The smallest absolute Gasteiger partial charge is 0.326 e. The normalized spacial score (nSPS) is 14.9. The van der Waals surface area contributed by atoms with Crippen LogP contribution in [-0.2, 0) is 23.9 Å². The van der Waals surface area contributed by atoms with Gasteiger partial charge in [0.25, 0.3) is 11.8 Å². The number of imide groups is 1. The molecule has 0 aliphatic carbocycles. The number of rotatable bonds is 12. The Kier molecular flexibility index (Phi) is 7.86. The van der Waals surface area contributed by atoms with E-state index in [1.54, 1.807) is 12.1 Å². The maximum absolute atomic E-state index is 12.3. The van der Waals surface area contributed by atoms with Gasteiger partial charge < -0.3 is 26.2 Å². The number of nitrogens with two attached hydrogens (primary N) is 1. The van der Waals surface area contributed by atoms with Crippen molar-refractivity contribution in [2.75, 3.05) is 19.8 Å². The number of amides is 5. The minimum atomic E-state index is -1.41. The average molecular weight is 449 g/mol. The number of fused-ring (bicyclic) bond motifs is 1. The minimum absolute atomic E-state index is 0.103. The van der Waals surface area contributed by atoms with Crippen LogP contribution < -0.4 is 16.4 Å². The van der Waals surface area contributed by atoms with Gasteiger partial charge in [0.1, 0.15) is 18.7 Å². The van der Waals surface area contributed by atoms with E-state index in [9.17, 15) is 28.8 Å². The lowest BCUT2D eigenvalue weighted by atomic mass is 10.1. The largest absolute Gasteiger partial charge is 0.480 e. The summed E-state index contributed by atoms with van der Waals surface area (Å²) in [5.41, 5.74) is 5.54. The van der Waals surface area contributed by atoms with Crippen LogP contribution in [0.2, 0.25) is 1.41 Å². The molecule has 172 valence electrons. The molecule has 5 amide bonds. The van der Waals surface area contributed by atoms with Gasteiger partial charge in [-0.3, -0.25) is 28.9 Å². The zero-order valence-corrected chi connectivity index (χ0v) is 17.3. The third-order valence-electron chi connectivity index (χ3n) is 4.57. The van der Waals surface area contributed by atoms with E-state index < -0.39 is 54.2 Å². The third kappa shape index (κ3) is 6.35. The van der Waals surface area contributed by atoms with Gasteiger partial charge in [0.05, 0.1) is 24.3 Å². The first-order valence-corrected chi connectivity index (χ1v) is 9.70. The van der Waals surface area contributed by atoms with Crippen LogP contribution in [0.1, 0.15) is 40.5 Å². The van der Waals surface area contributed by atoms with Crippen molar-refractivity contribution < 1.29 is 40.0 Å². The first kappa shape index (κ1) is 22.9. The Balaban J connectivity index is 1.80. The van der Waals surface area contributed by atoms with Crippen LogP contribution >= 0.6 is 0 Å². The van der Waals surface area contributed by atoms with Gasteiger partial charge in [-0.15, -0.1) is 0 Å². The van der Waals surface area contributed by atoms with E-state index in [1.807, 2.05) is 0 Å². The maximum Gasteiger partial charge on any atom is 0.326 e. The molecule has 12 heteroatoms. The zero-order chi connectivity index (χ0) is 24.7. The lowest BCUT2D eigenvalue weighted by Gasteiger charge is -2.18. The van der Waals surface area contributed by atoms with Gasteiger partial charge in [0.15, 0.2) is 1.41 Å². The highest BCUT2D eigenvalue weighted by molar-refractivity contribution is 6.21. The van der Waals surface area contributed by atoms with Gasteiger partial charge in [0, 0.05) is 6.42 Å². The number of carboxylic acid groups (broad SMARTS) is 1. The topological polar surface area (TPSA) is 185 Å². The summed E-state index contributed by atoms with van der Waals surface area (Å²) in [6.45, 7) is 0.341. The summed E-state index contributed by atoms with van der Waals surface area (Å²) in [5, 5.41) is 11.6. The number of carboxylic acids is 1. The number of aliphatic carboxylic acids is 1. The van der Waals surface area contributed by atoms with Gasteiger partial charge in [-0.05, 0) is 25.5 Å². The van der Waals surface area contributed by atoms with E-state index in [4.69, 9.17) is 17.0 Å². The molecule has 0 saturated carbocycles. The molecule has 1 aromatic carbocycles. The molecule has 32 heavy (non-hydrogen) atoms. The average Bonchev–Trinajstić information content (AvgIpc) is 3.02. The summed E-state index contributed by atoms with van der Waals surface area (Å²) in [6.07, 6.45) is -0.508. The minimum Gasteiger partial charge on any atom is -0.480 e. The number of nitrogens with one attached hydrogen (secondary N) is 2. The van der Waals surface area contributed by atoms with E-state index in [0.717, 1.165) is 4.90 Å². The van der Waals surface area contributed by atoms with Gasteiger partial charge in [0.2, 0.25) is 17.7 Å². The van der Waals surface area contributed by atoms with Crippen LogP contribution in [0.15, 0.2) is 24.3 Å². The van der Waals surface area contributed by atoms with Crippen molar-refractivity contribution in [3.8, 4) is 0 Å². The van der Waals surface area contributed by atoms with Gasteiger partial charge in [-0.25, -0.2) is 4.79 Å². The molecule has 5 N–H and O–H groups in total. The van der Waals surface area contributed by atoms with E-state index >= 15 is 0 Å². The van der Waals surface area contributed by atoms with Crippen molar-refractivity contribution in [2.45, 2.75) is 31.8 Å². The van der Waals surface area contributed by atoms with Crippen molar-refractivity contribution in [1.29, 1.82) is 0 Å². The molecule has 2 rings (SSSR count). The summed E-state index contributed by atoms with van der Waals surface area (Å²) in [4.78, 5) is 71.9. The Bertz CT molecular complexity index is 934. The number of hydrogen-bond donors (Lipinski definition) is 4. The number of ether oxygens (including phenoxy) is 1. The molecule has 0 spiro atoms. The first-order chi connectivity index (χ1) is 15.5. The van der Waals surface area contributed by atoms with Crippen molar-refractivity contribution in [2.24, 2.45) is 5.73 Å². The molecule has 0 bridgehead atoms. The monoisotopic (exact) mass is 449 g/mol. The third-order valence-corrected chi connectivity index (χ3v) is 4.57. The van der Waals surface area contributed by atoms with Crippen LogP contribution in [0.4, 0.5) is 0 Å². The quantitative estimate of drug-likeness (QED) is 0.222. The Morgan fingerprint density at radius 2 is 1.78 bits per heavy atom. The van der Waals surface area contributed by atoms with E-state index in [-0.39, 0.29) is 37.1 Å². The van der Waals surface area contributed by atoms with Gasteiger partial charge in [-0.2, -0.15) is 0 Å². The fourth-order valence-electron chi connectivity index (χ4n) is 2.91. The highest BCUT2D eigenvalue weighted by Crippen LogP contribution is 2.21. The molecule has 0 radical (unpaired) electrons. The second-order valence-electron chi connectivity index (χ2n) is 6.96. The molecule has 0 fully saturated rings. The second-order valence-corrected chi connectivity index (χ2v) is 6.96. The van der Waals surface area contributed by atoms with Crippen molar-refractivity contribution in [3.63, 3.8) is 0 Å². The summed E-state index contributed by atoms with van der Waals surface area (Å²) in [7, 11) is 0. The summed E-state index contributed by atoms with van der Waals surface area (Å²) in [6, 6.07) is 3.58. The second kappa shape index (κ2) is 11.0. The molecule has 0 aromatic heterocycles. The first-order valence-electron chi connectivity index (χ1n) is 10.1. The van der Waals surface area contributed by atoms with Crippen LogP contribution in [0.5, 0.6) is 0 Å². The number of benzene rings is 1. The maximum atomic E-state index is 12.3. The van der Waals surface area contributed by atoms with E-state index in [0.29, 0.717) is 5.31 Å². The van der Waals surface area contributed by atoms with Crippen LogP contribution in [0.3, 0.4) is 0 Å². The predicted octanol–water partition coefficient (Wildman–Crippen LogP) is -1.36. The van der Waals surface area contributed by atoms with Crippen molar-refractivity contribution >= 4 is 35.5 Å². The van der Waals surface area contributed by atoms with Gasteiger partial charge in [-0.1, -0.05) is 12.1 Å². The zero-order valence-electron chi connectivity index (χ0n) is 18.3. The fraction of sp³-hybridized carbons (Fsp3) is 0.400. The number of carbonyl (C=O) groups excluding carboxylic acids is 5. The van der Waals surface area contributed by atoms with Crippen LogP contribution in [0.25, 0.3) is 0 Å². The summed E-state index contributed by atoms with van der Waals surface area (Å²) >= 11 is 0. The Labute approximate surface area is 184 Å². The number of primary amides is 1. The molecule has 1 aromatic rings. The number of nitrogens with zero attached hydrogens (tertiary/aromatic N) is 1. The number of carbonyl (C=O) groups is 6. The molecular weight excluding hydrogens is 424 g/mol. The van der Waals surface area contributed by atoms with Crippen molar-refractivity contribution in [1.82, 2.24) is 15.5 Å². The lowest BCUT2D eigenvalue weighted by Crippen LogP contribution is -2.51. The molecule has 1 aliphatic rings. The molecule has 2 atom stereocenters. The molecule has 0 unspecified atom stereocenters. The molecule has 0 saturated heterocycles. The highest BCUT2D eigenvalue weighted by atomic mass is 16.5. The van der Waals surface area contributed by atoms with E-state index in [2.05, 4.69) is 5.32 Å². The predicted molar refractivity (Wildman–Crippen MR) is 108 cm³/mol. The molecular formula is C20H24N4O8. The molecule has 12 nitrogen and oxygen atoms in total. The number of hydrogen-bond acceptors (Lipinski definition) is 7. The standard InChI is InChI=1S/C20H24N4O8/c1-11(17(27)23-14(20(30)31)6-7-15(21)25)22-16(26)10-32-9-8-24-18(28)12-4-2-3-5-13(12)19(24)29/h2-5,11,14H,6-10H2,1H3,(H2,21,25)(H,22,26)(H,23,27)(H,30,31)/t11-,14-/m0/s1/i/hD.